The van der Waals surface area contributed by atoms with Gasteiger partial charge in [0, 0.05) is 5.92 Å². The first kappa shape index (κ1) is 20.6. The predicted octanol–water partition coefficient (Wildman–Crippen LogP) is 7.14. The zero-order valence-corrected chi connectivity index (χ0v) is 18.0. The number of ether oxygens (including phenoxy) is 2. The molecule has 0 radical (unpaired) electrons. The van der Waals surface area contributed by atoms with Gasteiger partial charge in [-0.15, -0.1) is 0 Å². The summed E-state index contributed by atoms with van der Waals surface area (Å²) >= 11 is 0. The molecule has 0 bridgehead atoms. The lowest BCUT2D eigenvalue weighted by Gasteiger charge is -2.30. The van der Waals surface area contributed by atoms with E-state index in [0.717, 1.165) is 18.4 Å². The van der Waals surface area contributed by atoms with Gasteiger partial charge >= 0.3 is 0 Å². The Kier molecular flexibility index (Phi) is 6.19. The van der Waals surface area contributed by atoms with E-state index in [1.165, 1.54) is 22.3 Å². The molecule has 3 aromatic carbocycles. The Hall–Kier alpha value is -2.65. The summed E-state index contributed by atoms with van der Waals surface area (Å²) in [6, 6.07) is 21.0. The van der Waals surface area contributed by atoms with Gasteiger partial charge in [-0.2, -0.15) is 0 Å². The molecule has 2 unspecified atom stereocenters. The lowest BCUT2D eigenvalue weighted by Crippen LogP contribution is -2.20. The summed E-state index contributed by atoms with van der Waals surface area (Å²) in [5, 5.41) is 0. The molecule has 3 heteroatoms. The largest absolute Gasteiger partial charge is 0.491 e. The van der Waals surface area contributed by atoms with Crippen LogP contribution in [0.2, 0.25) is 0 Å². The standard InChI is InChI=1S/C27H29FO2/c1-4-29-26-16-14-24(19(3)27(26)28)23-13-15-25(30-17-23)22-11-9-21(10-12-22)20-7-5-18(2)6-8-20/h5-12,14,16,23,25H,4,13,15,17H2,1-3H3. The van der Waals surface area contributed by atoms with Crippen LogP contribution in [0.25, 0.3) is 11.1 Å². The maximum Gasteiger partial charge on any atom is 0.168 e. The van der Waals surface area contributed by atoms with Crippen LogP contribution in [0.15, 0.2) is 60.7 Å². The molecule has 156 valence electrons. The molecule has 1 heterocycles. The summed E-state index contributed by atoms with van der Waals surface area (Å²) in [5.74, 6) is 0.309. The van der Waals surface area contributed by atoms with Crippen molar-refractivity contribution >= 4 is 0 Å². The van der Waals surface area contributed by atoms with Crippen LogP contribution >= 0.6 is 0 Å². The summed E-state index contributed by atoms with van der Waals surface area (Å²) in [5.41, 5.74) is 6.62. The monoisotopic (exact) mass is 404 g/mol. The van der Waals surface area contributed by atoms with Gasteiger partial charge in [-0.1, -0.05) is 60.2 Å². The molecular formula is C27H29FO2. The van der Waals surface area contributed by atoms with Crippen molar-refractivity contribution in [2.24, 2.45) is 0 Å². The average Bonchev–Trinajstić information content (AvgIpc) is 2.78. The SMILES string of the molecule is CCOc1ccc(C2CCC(c3ccc(-c4ccc(C)cc4)cc3)OC2)c(C)c1F. The van der Waals surface area contributed by atoms with Gasteiger partial charge in [-0.3, -0.25) is 0 Å². The summed E-state index contributed by atoms with van der Waals surface area (Å²) in [7, 11) is 0. The van der Waals surface area contributed by atoms with Crippen molar-refractivity contribution in [1.29, 1.82) is 0 Å². The van der Waals surface area contributed by atoms with Crippen molar-refractivity contribution in [1.82, 2.24) is 0 Å². The molecule has 0 saturated carbocycles. The molecular weight excluding hydrogens is 375 g/mol. The van der Waals surface area contributed by atoms with Crippen LogP contribution in [0.5, 0.6) is 5.75 Å². The minimum atomic E-state index is -0.247. The van der Waals surface area contributed by atoms with E-state index in [0.29, 0.717) is 24.5 Å². The van der Waals surface area contributed by atoms with Gasteiger partial charge in [-0.05, 0) is 67.5 Å². The Bertz CT molecular complexity index is 985. The summed E-state index contributed by atoms with van der Waals surface area (Å²) in [6.45, 7) is 6.88. The number of hydrogen-bond acceptors (Lipinski definition) is 2. The van der Waals surface area contributed by atoms with Crippen molar-refractivity contribution in [3.63, 3.8) is 0 Å². The van der Waals surface area contributed by atoms with Crippen molar-refractivity contribution < 1.29 is 13.9 Å². The minimum Gasteiger partial charge on any atom is -0.491 e. The predicted molar refractivity (Wildman–Crippen MR) is 120 cm³/mol. The van der Waals surface area contributed by atoms with E-state index in [1.807, 2.05) is 19.9 Å². The highest BCUT2D eigenvalue weighted by Crippen LogP contribution is 2.38. The molecule has 0 amide bonds. The van der Waals surface area contributed by atoms with E-state index in [2.05, 4.69) is 55.5 Å². The van der Waals surface area contributed by atoms with Crippen LogP contribution in [0.1, 0.15) is 54.0 Å². The van der Waals surface area contributed by atoms with Crippen LogP contribution in [0.3, 0.4) is 0 Å². The first-order chi connectivity index (χ1) is 14.6. The average molecular weight is 405 g/mol. The van der Waals surface area contributed by atoms with Crippen LogP contribution in [0.4, 0.5) is 4.39 Å². The van der Waals surface area contributed by atoms with Crippen molar-refractivity contribution in [3.05, 3.63) is 88.7 Å². The van der Waals surface area contributed by atoms with Gasteiger partial charge in [-0.25, -0.2) is 4.39 Å². The molecule has 1 aliphatic rings. The van der Waals surface area contributed by atoms with Gasteiger partial charge in [0.2, 0.25) is 0 Å². The Morgan fingerprint density at radius 3 is 2.17 bits per heavy atom. The Morgan fingerprint density at radius 2 is 1.57 bits per heavy atom. The zero-order valence-electron chi connectivity index (χ0n) is 18.0. The number of aryl methyl sites for hydroxylation is 1. The second kappa shape index (κ2) is 9.01. The molecule has 2 atom stereocenters. The molecule has 0 aliphatic carbocycles. The van der Waals surface area contributed by atoms with Gasteiger partial charge in [0.1, 0.15) is 0 Å². The highest BCUT2D eigenvalue weighted by Gasteiger charge is 2.26. The van der Waals surface area contributed by atoms with Crippen molar-refractivity contribution in [3.8, 4) is 16.9 Å². The smallest absolute Gasteiger partial charge is 0.168 e. The maximum atomic E-state index is 14.6. The number of benzene rings is 3. The van der Waals surface area contributed by atoms with Gasteiger partial charge in [0.15, 0.2) is 11.6 Å². The van der Waals surface area contributed by atoms with Crippen molar-refractivity contribution in [2.45, 2.75) is 45.6 Å². The van der Waals surface area contributed by atoms with E-state index < -0.39 is 0 Å². The van der Waals surface area contributed by atoms with Crippen molar-refractivity contribution in [2.75, 3.05) is 13.2 Å². The molecule has 30 heavy (non-hydrogen) atoms. The molecule has 0 aromatic heterocycles. The third-order valence-electron chi connectivity index (χ3n) is 6.08. The third-order valence-corrected chi connectivity index (χ3v) is 6.08. The zero-order chi connectivity index (χ0) is 21.1. The number of rotatable bonds is 5. The highest BCUT2D eigenvalue weighted by molar-refractivity contribution is 5.64. The number of hydrogen-bond donors (Lipinski definition) is 0. The fraction of sp³-hybridized carbons (Fsp3) is 0.333. The molecule has 1 fully saturated rings. The molecule has 1 aliphatic heterocycles. The van der Waals surface area contributed by atoms with Crippen LogP contribution in [0, 0.1) is 19.7 Å². The normalized spacial score (nSPS) is 18.9. The van der Waals surface area contributed by atoms with E-state index in [9.17, 15) is 4.39 Å². The molecule has 0 spiro atoms. The van der Waals surface area contributed by atoms with Crippen LogP contribution in [-0.2, 0) is 4.74 Å². The second-order valence-corrected chi connectivity index (χ2v) is 8.11. The molecule has 0 N–H and O–H groups in total. The van der Waals surface area contributed by atoms with Gasteiger partial charge in [0.05, 0.1) is 19.3 Å². The van der Waals surface area contributed by atoms with Gasteiger partial charge < -0.3 is 9.47 Å². The topological polar surface area (TPSA) is 18.5 Å². The number of halogens is 1. The van der Waals surface area contributed by atoms with Crippen LogP contribution in [-0.4, -0.2) is 13.2 Å². The molecule has 2 nitrogen and oxygen atoms in total. The second-order valence-electron chi connectivity index (χ2n) is 8.11. The molecule has 3 aromatic rings. The molecule has 1 saturated heterocycles. The maximum absolute atomic E-state index is 14.6. The first-order valence-corrected chi connectivity index (χ1v) is 10.8. The minimum absolute atomic E-state index is 0.0983. The Balaban J connectivity index is 1.42. The van der Waals surface area contributed by atoms with E-state index in [-0.39, 0.29) is 17.8 Å². The third kappa shape index (κ3) is 4.27. The summed E-state index contributed by atoms with van der Waals surface area (Å²) < 4.78 is 26.2. The fourth-order valence-electron chi connectivity index (χ4n) is 4.28. The van der Waals surface area contributed by atoms with E-state index in [1.54, 1.807) is 6.07 Å². The van der Waals surface area contributed by atoms with Gasteiger partial charge in [0.25, 0.3) is 0 Å². The summed E-state index contributed by atoms with van der Waals surface area (Å²) in [6.07, 6.45) is 2.02. The fourth-order valence-corrected chi connectivity index (χ4v) is 4.28. The quantitative estimate of drug-likeness (QED) is 0.450. The first-order valence-electron chi connectivity index (χ1n) is 10.8. The Morgan fingerprint density at radius 1 is 0.900 bits per heavy atom. The highest BCUT2D eigenvalue weighted by atomic mass is 19.1. The lowest BCUT2D eigenvalue weighted by atomic mass is 9.87. The lowest BCUT2D eigenvalue weighted by molar-refractivity contribution is 0.00220. The van der Waals surface area contributed by atoms with E-state index in [4.69, 9.17) is 9.47 Å². The molecule has 4 rings (SSSR count). The van der Waals surface area contributed by atoms with Crippen LogP contribution < -0.4 is 4.74 Å². The summed E-state index contributed by atoms with van der Waals surface area (Å²) in [4.78, 5) is 0. The Labute approximate surface area is 178 Å². The van der Waals surface area contributed by atoms with E-state index >= 15 is 0 Å².